The average molecular weight is 460 g/mol. The summed E-state index contributed by atoms with van der Waals surface area (Å²) < 4.78 is 10.8. The van der Waals surface area contributed by atoms with Gasteiger partial charge in [0, 0.05) is 31.5 Å². The van der Waals surface area contributed by atoms with Gasteiger partial charge in [-0.15, -0.1) is 0 Å². The quantitative estimate of drug-likeness (QED) is 0.553. The molecule has 3 aromatic carbocycles. The maximum Gasteiger partial charge on any atom is 0.255 e. The lowest BCUT2D eigenvalue weighted by Crippen LogP contribution is -2.56. The molecule has 1 fully saturated rings. The fourth-order valence-corrected chi connectivity index (χ4v) is 4.15. The first kappa shape index (κ1) is 23.2. The van der Waals surface area contributed by atoms with Crippen LogP contribution < -0.4 is 24.2 Å². The molecule has 0 bridgehead atoms. The topological polar surface area (TPSA) is 62.3 Å². The van der Waals surface area contributed by atoms with E-state index in [1.807, 2.05) is 74.4 Å². The van der Waals surface area contributed by atoms with Gasteiger partial charge in [-0.2, -0.15) is 0 Å². The largest absolute Gasteiger partial charge is 0.497 e. The Morgan fingerprint density at radius 1 is 0.882 bits per heavy atom. The summed E-state index contributed by atoms with van der Waals surface area (Å²) in [6.45, 7) is 1.89. The summed E-state index contributed by atoms with van der Waals surface area (Å²) in [5.74, 6) is 0.684. The van der Waals surface area contributed by atoms with E-state index in [4.69, 9.17) is 9.47 Å². The number of ether oxygens (including phenoxy) is 2. The second-order valence-electron chi connectivity index (χ2n) is 8.45. The molecule has 1 atom stereocenters. The van der Waals surface area contributed by atoms with E-state index in [-0.39, 0.29) is 18.4 Å². The van der Waals surface area contributed by atoms with E-state index >= 15 is 0 Å². The summed E-state index contributed by atoms with van der Waals surface area (Å²) in [6, 6.07) is 19.8. The number of methoxy groups -OCH3 is 2. The van der Waals surface area contributed by atoms with E-state index in [0.29, 0.717) is 22.9 Å². The van der Waals surface area contributed by atoms with Crippen molar-refractivity contribution >= 4 is 28.9 Å². The Bertz CT molecular complexity index is 1190. The highest BCUT2D eigenvalue weighted by Gasteiger charge is 2.42. The van der Waals surface area contributed by atoms with Crippen molar-refractivity contribution in [3.63, 3.8) is 0 Å². The zero-order chi connectivity index (χ0) is 24.4. The number of nitrogens with zero attached hydrogens (tertiary/aromatic N) is 3. The van der Waals surface area contributed by atoms with Crippen LogP contribution in [0.15, 0.2) is 66.7 Å². The minimum atomic E-state index is -0.813. The highest BCUT2D eigenvalue weighted by atomic mass is 16.5. The lowest BCUT2D eigenvalue weighted by Gasteiger charge is -2.41. The van der Waals surface area contributed by atoms with Gasteiger partial charge < -0.3 is 14.4 Å². The maximum atomic E-state index is 14.0. The molecule has 1 heterocycles. The van der Waals surface area contributed by atoms with Gasteiger partial charge in [-0.1, -0.05) is 29.8 Å². The molecule has 0 spiro atoms. The van der Waals surface area contributed by atoms with Gasteiger partial charge in [0.15, 0.2) is 0 Å². The van der Waals surface area contributed by atoms with Crippen LogP contribution in [-0.2, 0) is 9.59 Å². The van der Waals surface area contributed by atoms with Gasteiger partial charge in [0.25, 0.3) is 5.91 Å². The fraction of sp³-hybridized carbons (Fsp3) is 0.259. The molecule has 0 unspecified atom stereocenters. The molecule has 34 heavy (non-hydrogen) atoms. The first-order chi connectivity index (χ1) is 16.3. The first-order valence-electron chi connectivity index (χ1n) is 11.0. The van der Waals surface area contributed by atoms with Crippen molar-refractivity contribution in [3.8, 4) is 11.5 Å². The Labute approximate surface area is 200 Å². The summed E-state index contributed by atoms with van der Waals surface area (Å²) in [5, 5.41) is 0. The molecule has 0 N–H and O–H groups in total. The zero-order valence-corrected chi connectivity index (χ0v) is 20.1. The molecule has 176 valence electrons. The third-order valence-electron chi connectivity index (χ3n) is 6.04. The molecule has 7 nitrogen and oxygen atoms in total. The number of rotatable bonds is 6. The van der Waals surface area contributed by atoms with Crippen LogP contribution in [0.5, 0.6) is 11.5 Å². The molecule has 7 heteroatoms. The van der Waals surface area contributed by atoms with Crippen molar-refractivity contribution < 1.29 is 19.1 Å². The minimum Gasteiger partial charge on any atom is -0.497 e. The summed E-state index contributed by atoms with van der Waals surface area (Å²) in [6.07, 6.45) is 0. The summed E-state index contributed by atoms with van der Waals surface area (Å²) in [4.78, 5) is 32.6. The van der Waals surface area contributed by atoms with Crippen molar-refractivity contribution in [2.24, 2.45) is 0 Å². The van der Waals surface area contributed by atoms with Crippen molar-refractivity contribution in [2.45, 2.75) is 13.0 Å². The Hall–Kier alpha value is -4.00. The highest BCUT2D eigenvalue weighted by molar-refractivity contribution is 6.15. The third-order valence-corrected chi connectivity index (χ3v) is 6.04. The minimum absolute atomic E-state index is 0.0956. The van der Waals surface area contributed by atoms with Gasteiger partial charge in [-0.05, 0) is 48.9 Å². The average Bonchev–Trinajstić information content (AvgIpc) is 2.85. The fourth-order valence-electron chi connectivity index (χ4n) is 4.15. The number of carbonyl (C=O) groups excluding carboxylic acids is 2. The van der Waals surface area contributed by atoms with E-state index in [1.54, 1.807) is 30.2 Å². The van der Waals surface area contributed by atoms with Crippen LogP contribution in [0.1, 0.15) is 17.2 Å². The number of hydrogen-bond donors (Lipinski definition) is 0. The lowest BCUT2D eigenvalue weighted by atomic mass is 9.98. The van der Waals surface area contributed by atoms with Crippen LogP contribution in [0.3, 0.4) is 0 Å². The van der Waals surface area contributed by atoms with E-state index in [1.165, 1.54) is 12.0 Å². The molecular formula is C27H29N3O4. The second kappa shape index (κ2) is 9.47. The predicted molar refractivity (Wildman–Crippen MR) is 134 cm³/mol. The summed E-state index contributed by atoms with van der Waals surface area (Å²) >= 11 is 0. The second-order valence-corrected chi connectivity index (χ2v) is 8.45. The number of piperazine rings is 1. The van der Waals surface area contributed by atoms with Crippen molar-refractivity contribution in [1.82, 2.24) is 0 Å². The van der Waals surface area contributed by atoms with E-state index < -0.39 is 6.04 Å². The molecule has 0 aliphatic carbocycles. The van der Waals surface area contributed by atoms with Crippen LogP contribution >= 0.6 is 0 Å². The van der Waals surface area contributed by atoms with Crippen LogP contribution in [0.2, 0.25) is 0 Å². The number of anilines is 3. The molecule has 3 aromatic rings. The summed E-state index contributed by atoms with van der Waals surface area (Å²) in [7, 11) is 7.02. The number of aryl methyl sites for hydroxylation is 1. The van der Waals surface area contributed by atoms with Crippen LogP contribution in [0.25, 0.3) is 0 Å². The zero-order valence-electron chi connectivity index (χ0n) is 20.1. The number of hydrogen-bond acceptors (Lipinski definition) is 5. The van der Waals surface area contributed by atoms with Gasteiger partial charge in [-0.25, -0.2) is 0 Å². The van der Waals surface area contributed by atoms with Gasteiger partial charge in [-0.3, -0.25) is 19.4 Å². The van der Waals surface area contributed by atoms with E-state index in [0.717, 1.165) is 16.8 Å². The standard InChI is InChI=1S/C27H29N3O4/c1-18-6-10-21(11-7-18)30-25(31)17-29(23-15-14-22(33-4)16-24(23)34-5)27(32)26(30)19-8-12-20(13-9-19)28(2)3/h6-16,26H,17H2,1-5H3/t26-/m0/s1. The molecule has 0 aromatic heterocycles. The monoisotopic (exact) mass is 459 g/mol. The van der Waals surface area contributed by atoms with Crippen LogP contribution in [0, 0.1) is 6.92 Å². The molecule has 1 aliphatic rings. The van der Waals surface area contributed by atoms with Gasteiger partial charge in [0.05, 0.1) is 19.9 Å². The Kier molecular flexibility index (Phi) is 6.45. The summed E-state index contributed by atoms with van der Waals surface area (Å²) in [5.41, 5.74) is 4.04. The first-order valence-corrected chi connectivity index (χ1v) is 11.0. The number of benzene rings is 3. The molecule has 1 aliphatic heterocycles. The van der Waals surface area contributed by atoms with Crippen molar-refractivity contribution in [2.75, 3.05) is 49.6 Å². The van der Waals surface area contributed by atoms with Gasteiger partial charge in [0.2, 0.25) is 5.91 Å². The molecule has 4 rings (SSSR count). The molecule has 1 saturated heterocycles. The van der Waals surface area contributed by atoms with E-state index in [2.05, 4.69) is 0 Å². The lowest BCUT2D eigenvalue weighted by molar-refractivity contribution is -0.128. The molecular weight excluding hydrogens is 430 g/mol. The van der Waals surface area contributed by atoms with E-state index in [9.17, 15) is 9.59 Å². The normalized spacial score (nSPS) is 16.0. The maximum absolute atomic E-state index is 14.0. The van der Waals surface area contributed by atoms with Crippen molar-refractivity contribution in [3.05, 3.63) is 77.9 Å². The Balaban J connectivity index is 1.81. The Morgan fingerprint density at radius 2 is 1.56 bits per heavy atom. The highest BCUT2D eigenvalue weighted by Crippen LogP contribution is 2.39. The Morgan fingerprint density at radius 3 is 2.15 bits per heavy atom. The smallest absolute Gasteiger partial charge is 0.255 e. The van der Waals surface area contributed by atoms with Crippen molar-refractivity contribution in [1.29, 1.82) is 0 Å². The third kappa shape index (κ3) is 4.29. The van der Waals surface area contributed by atoms with Crippen LogP contribution in [0.4, 0.5) is 17.1 Å². The SMILES string of the molecule is COc1ccc(N2CC(=O)N(c3ccc(C)cc3)[C@@H](c3ccc(N(C)C)cc3)C2=O)c(OC)c1. The molecule has 0 radical (unpaired) electrons. The van der Waals surface area contributed by atoms with Crippen LogP contribution in [-0.4, -0.2) is 46.7 Å². The molecule has 0 saturated carbocycles. The van der Waals surface area contributed by atoms with Gasteiger partial charge in [0.1, 0.15) is 24.1 Å². The predicted octanol–water partition coefficient (Wildman–Crippen LogP) is 4.20. The number of carbonyl (C=O) groups is 2. The molecule has 2 amide bonds. The number of amides is 2. The van der Waals surface area contributed by atoms with Gasteiger partial charge >= 0.3 is 0 Å².